The highest BCUT2D eigenvalue weighted by atomic mass is 32.2. The first-order chi connectivity index (χ1) is 9.09. The van der Waals surface area contributed by atoms with E-state index < -0.39 is 10.2 Å². The van der Waals surface area contributed by atoms with Crippen molar-refractivity contribution in [3.63, 3.8) is 0 Å². The van der Waals surface area contributed by atoms with E-state index in [1.807, 2.05) is 0 Å². The van der Waals surface area contributed by atoms with Crippen LogP contribution < -0.4 is 0 Å². The van der Waals surface area contributed by atoms with Gasteiger partial charge >= 0.3 is 0 Å². The quantitative estimate of drug-likeness (QED) is 0.757. The highest BCUT2D eigenvalue weighted by Crippen LogP contribution is 2.28. The Morgan fingerprint density at radius 1 is 0.947 bits per heavy atom. The molecule has 0 aromatic rings. The first-order valence-electron chi connectivity index (χ1n) is 7.60. The maximum Gasteiger partial charge on any atom is 0.282 e. The molecule has 0 unspecified atom stereocenters. The van der Waals surface area contributed by atoms with Crippen LogP contribution in [0.15, 0.2) is 0 Å². The number of fused-ring (bicyclic) bond motifs is 1. The Bertz CT molecular complexity index is 420. The monoisotopic (exact) mass is 287 g/mol. The maximum atomic E-state index is 12.8. The van der Waals surface area contributed by atoms with Crippen molar-refractivity contribution in [1.29, 1.82) is 0 Å². The van der Waals surface area contributed by atoms with E-state index in [9.17, 15) is 8.42 Å². The average molecular weight is 287 g/mol. The molecule has 19 heavy (non-hydrogen) atoms. The first kappa shape index (κ1) is 13.8. The van der Waals surface area contributed by atoms with Crippen molar-refractivity contribution in [1.82, 2.24) is 13.5 Å². The van der Waals surface area contributed by atoms with E-state index in [4.69, 9.17) is 0 Å². The lowest BCUT2D eigenvalue weighted by Crippen LogP contribution is -2.60. The summed E-state index contributed by atoms with van der Waals surface area (Å²) in [4.78, 5) is 2.47. The third kappa shape index (κ3) is 2.55. The minimum atomic E-state index is -3.23. The minimum absolute atomic E-state index is 0.112. The van der Waals surface area contributed by atoms with E-state index in [1.54, 1.807) is 8.61 Å². The first-order valence-corrected chi connectivity index (χ1v) is 9.00. The Morgan fingerprint density at radius 2 is 1.68 bits per heavy atom. The maximum absolute atomic E-state index is 12.8. The Hall–Kier alpha value is -0.170. The predicted octanol–water partition coefficient (Wildman–Crippen LogP) is 0.886. The molecule has 0 bridgehead atoms. The fourth-order valence-corrected chi connectivity index (χ4v) is 5.62. The van der Waals surface area contributed by atoms with Gasteiger partial charge in [0.2, 0.25) is 0 Å². The molecule has 110 valence electrons. The summed E-state index contributed by atoms with van der Waals surface area (Å²) in [7, 11) is -3.23. The molecule has 3 saturated heterocycles. The van der Waals surface area contributed by atoms with Crippen LogP contribution in [0.25, 0.3) is 0 Å². The van der Waals surface area contributed by atoms with Gasteiger partial charge in [0, 0.05) is 38.3 Å². The van der Waals surface area contributed by atoms with E-state index in [0.29, 0.717) is 25.7 Å². The van der Waals surface area contributed by atoms with Crippen molar-refractivity contribution in [3.8, 4) is 0 Å². The lowest BCUT2D eigenvalue weighted by molar-refractivity contribution is 0.110. The molecule has 3 aliphatic rings. The summed E-state index contributed by atoms with van der Waals surface area (Å²) in [6.45, 7) is 6.21. The van der Waals surface area contributed by atoms with E-state index in [0.717, 1.165) is 38.8 Å². The van der Waals surface area contributed by atoms with E-state index >= 15 is 0 Å². The minimum Gasteiger partial charge on any atom is -0.297 e. The second-order valence-corrected chi connectivity index (χ2v) is 8.06. The Kier molecular flexibility index (Phi) is 3.86. The van der Waals surface area contributed by atoms with Crippen LogP contribution in [0.1, 0.15) is 39.0 Å². The van der Waals surface area contributed by atoms with Gasteiger partial charge in [0.15, 0.2) is 0 Å². The second-order valence-electron chi connectivity index (χ2n) is 6.18. The van der Waals surface area contributed by atoms with Crippen LogP contribution in [0.3, 0.4) is 0 Å². The summed E-state index contributed by atoms with van der Waals surface area (Å²) in [6.07, 6.45) is 5.56. The molecular weight excluding hydrogens is 262 g/mol. The summed E-state index contributed by atoms with van der Waals surface area (Å²) in [5.41, 5.74) is 0. The normalized spacial score (nSPS) is 35.4. The smallest absolute Gasteiger partial charge is 0.282 e. The topological polar surface area (TPSA) is 43.9 Å². The summed E-state index contributed by atoms with van der Waals surface area (Å²) < 4.78 is 29.0. The van der Waals surface area contributed by atoms with Gasteiger partial charge in [0.25, 0.3) is 10.2 Å². The summed E-state index contributed by atoms with van der Waals surface area (Å²) in [5.74, 6) is 0. The molecule has 0 radical (unpaired) electrons. The van der Waals surface area contributed by atoms with Crippen LogP contribution in [0.5, 0.6) is 0 Å². The van der Waals surface area contributed by atoms with Gasteiger partial charge in [-0.3, -0.25) is 4.90 Å². The molecule has 0 aromatic heterocycles. The number of rotatable bonds is 2. The van der Waals surface area contributed by atoms with Gasteiger partial charge in [0.05, 0.1) is 0 Å². The fourth-order valence-electron chi connectivity index (χ4n) is 3.73. The predicted molar refractivity (Wildman–Crippen MR) is 75.1 cm³/mol. The largest absolute Gasteiger partial charge is 0.297 e. The Balaban J connectivity index is 1.76. The molecule has 6 heteroatoms. The standard InChI is InChI=1S/C13H25N3O2S/c1-12-10-14-7-5-6-13(14)11-16(12)19(17,18)15-8-3-2-4-9-15/h12-13H,2-11H2,1H3/t12-,13-/m0/s1. The van der Waals surface area contributed by atoms with Gasteiger partial charge in [-0.15, -0.1) is 0 Å². The molecule has 0 saturated carbocycles. The molecule has 0 N–H and O–H groups in total. The van der Waals surface area contributed by atoms with E-state index in [2.05, 4.69) is 11.8 Å². The van der Waals surface area contributed by atoms with Crippen molar-refractivity contribution in [2.75, 3.05) is 32.7 Å². The SMILES string of the molecule is C[C@H]1CN2CCC[C@H]2CN1S(=O)(=O)N1CCCCC1. The van der Waals surface area contributed by atoms with Gasteiger partial charge in [-0.25, -0.2) is 0 Å². The molecule has 3 heterocycles. The molecule has 3 aliphatic heterocycles. The van der Waals surface area contributed by atoms with Crippen LogP contribution >= 0.6 is 0 Å². The molecule has 0 aliphatic carbocycles. The van der Waals surface area contributed by atoms with Crippen molar-refractivity contribution < 1.29 is 8.42 Å². The van der Waals surface area contributed by atoms with Crippen LogP contribution in [-0.2, 0) is 10.2 Å². The van der Waals surface area contributed by atoms with Crippen molar-refractivity contribution in [2.45, 2.75) is 51.1 Å². The molecule has 3 rings (SSSR count). The summed E-state index contributed by atoms with van der Waals surface area (Å²) in [6, 6.07) is 0.567. The van der Waals surface area contributed by atoms with Gasteiger partial charge in [-0.1, -0.05) is 6.42 Å². The Morgan fingerprint density at radius 3 is 2.42 bits per heavy atom. The zero-order chi connectivity index (χ0) is 13.5. The second kappa shape index (κ2) is 5.31. The third-order valence-electron chi connectivity index (χ3n) is 4.82. The van der Waals surface area contributed by atoms with Crippen molar-refractivity contribution >= 4 is 10.2 Å². The summed E-state index contributed by atoms with van der Waals surface area (Å²) >= 11 is 0. The van der Waals surface area contributed by atoms with E-state index in [1.165, 1.54) is 6.42 Å². The molecule has 0 amide bonds. The van der Waals surface area contributed by atoms with Crippen molar-refractivity contribution in [2.24, 2.45) is 0 Å². The van der Waals surface area contributed by atoms with Crippen LogP contribution in [0, 0.1) is 0 Å². The van der Waals surface area contributed by atoms with E-state index in [-0.39, 0.29) is 6.04 Å². The molecule has 3 fully saturated rings. The number of hydrogen-bond acceptors (Lipinski definition) is 3. The lowest BCUT2D eigenvalue weighted by Gasteiger charge is -2.43. The zero-order valence-corrected chi connectivity index (χ0v) is 12.6. The van der Waals surface area contributed by atoms with Gasteiger partial charge in [-0.05, 0) is 39.2 Å². The Labute approximate surface area is 116 Å². The molecule has 2 atom stereocenters. The van der Waals surface area contributed by atoms with Gasteiger partial charge in [-0.2, -0.15) is 17.0 Å². The van der Waals surface area contributed by atoms with Gasteiger partial charge in [0.1, 0.15) is 0 Å². The molecule has 5 nitrogen and oxygen atoms in total. The lowest BCUT2D eigenvalue weighted by atomic mass is 10.1. The number of piperazine rings is 1. The zero-order valence-electron chi connectivity index (χ0n) is 11.8. The number of piperidine rings is 1. The van der Waals surface area contributed by atoms with Gasteiger partial charge < -0.3 is 0 Å². The molecule has 0 spiro atoms. The average Bonchev–Trinajstić information content (AvgIpc) is 2.85. The van der Waals surface area contributed by atoms with Crippen LogP contribution in [-0.4, -0.2) is 66.7 Å². The fraction of sp³-hybridized carbons (Fsp3) is 1.00. The van der Waals surface area contributed by atoms with Crippen LogP contribution in [0.4, 0.5) is 0 Å². The highest BCUT2D eigenvalue weighted by Gasteiger charge is 2.41. The number of nitrogens with zero attached hydrogens (tertiary/aromatic N) is 3. The van der Waals surface area contributed by atoms with Crippen molar-refractivity contribution in [3.05, 3.63) is 0 Å². The molecular formula is C13H25N3O2S. The van der Waals surface area contributed by atoms with Crippen LogP contribution in [0.2, 0.25) is 0 Å². The third-order valence-corrected chi connectivity index (χ3v) is 6.94. The molecule has 0 aromatic carbocycles. The number of hydrogen-bond donors (Lipinski definition) is 0. The highest BCUT2D eigenvalue weighted by molar-refractivity contribution is 7.86. The summed E-state index contributed by atoms with van der Waals surface area (Å²) in [5, 5.41) is 0.